The lowest BCUT2D eigenvalue weighted by Crippen LogP contribution is -2.59. The highest BCUT2D eigenvalue weighted by Gasteiger charge is 2.36. The van der Waals surface area contributed by atoms with Crippen LogP contribution in [0.1, 0.15) is 53.9 Å². The summed E-state index contributed by atoms with van der Waals surface area (Å²) in [5, 5.41) is 3.58. The summed E-state index contributed by atoms with van der Waals surface area (Å²) in [4.78, 5) is 2.45. The fourth-order valence-electron chi connectivity index (χ4n) is 2.92. The smallest absolute Gasteiger partial charge is 0.147 e. The van der Waals surface area contributed by atoms with E-state index in [1.54, 1.807) is 0 Å². The third-order valence-electron chi connectivity index (χ3n) is 4.37. The van der Waals surface area contributed by atoms with Crippen LogP contribution >= 0.6 is 0 Å². The van der Waals surface area contributed by atoms with Gasteiger partial charge in [0.2, 0.25) is 0 Å². The van der Waals surface area contributed by atoms with Crippen LogP contribution in [-0.2, 0) is 9.84 Å². The van der Waals surface area contributed by atoms with Gasteiger partial charge < -0.3 is 5.32 Å². The van der Waals surface area contributed by atoms with Gasteiger partial charge in [-0.05, 0) is 45.8 Å². The number of rotatable bonds is 11. The van der Waals surface area contributed by atoms with E-state index in [1.807, 2.05) is 0 Å². The van der Waals surface area contributed by atoms with E-state index in [4.69, 9.17) is 0 Å². The summed E-state index contributed by atoms with van der Waals surface area (Å²) in [6, 6.07) is 0.210. The molecule has 0 heterocycles. The number of hydrogen-bond donors (Lipinski definition) is 1. The van der Waals surface area contributed by atoms with Gasteiger partial charge in [0.15, 0.2) is 0 Å². The Kier molecular flexibility index (Phi) is 8.95. The maximum absolute atomic E-state index is 11.5. The monoisotopic (exact) mass is 306 g/mol. The minimum atomic E-state index is -2.91. The lowest BCUT2D eigenvalue weighted by atomic mass is 9.85. The fourth-order valence-corrected chi connectivity index (χ4v) is 3.58. The van der Waals surface area contributed by atoms with Crippen LogP contribution < -0.4 is 5.32 Å². The molecule has 2 atom stereocenters. The normalized spacial score (nSPS) is 17.1. The summed E-state index contributed by atoms with van der Waals surface area (Å²) in [7, 11) is -2.91. The summed E-state index contributed by atoms with van der Waals surface area (Å²) in [5.74, 6) is 0.255. The Hall–Kier alpha value is -0.130. The van der Waals surface area contributed by atoms with Crippen LogP contribution in [0.3, 0.4) is 0 Å². The van der Waals surface area contributed by atoms with Gasteiger partial charge >= 0.3 is 0 Å². The second-order valence-electron chi connectivity index (χ2n) is 5.81. The molecule has 0 saturated heterocycles. The van der Waals surface area contributed by atoms with Crippen LogP contribution in [0.2, 0.25) is 0 Å². The first-order valence-electron chi connectivity index (χ1n) is 7.91. The summed E-state index contributed by atoms with van der Waals surface area (Å²) < 4.78 is 23.0. The van der Waals surface area contributed by atoms with Crippen LogP contribution in [0.15, 0.2) is 0 Å². The minimum absolute atomic E-state index is 0.00333. The summed E-state index contributed by atoms with van der Waals surface area (Å²) in [6.07, 6.45) is 4.08. The summed E-state index contributed by atoms with van der Waals surface area (Å²) in [6.45, 7) is 13.9. The van der Waals surface area contributed by atoms with E-state index in [0.717, 1.165) is 32.5 Å². The summed E-state index contributed by atoms with van der Waals surface area (Å²) in [5.41, 5.74) is 0.00333. The van der Waals surface area contributed by atoms with Crippen LogP contribution in [0.5, 0.6) is 0 Å². The number of sulfone groups is 1. The van der Waals surface area contributed by atoms with Crippen molar-refractivity contribution in [3.8, 4) is 0 Å². The van der Waals surface area contributed by atoms with Gasteiger partial charge in [-0.1, -0.05) is 27.7 Å². The van der Waals surface area contributed by atoms with E-state index < -0.39 is 9.84 Å². The second kappa shape index (κ2) is 9.00. The maximum atomic E-state index is 11.5. The molecule has 0 fully saturated rings. The Balaban J connectivity index is 5.11. The molecule has 0 aromatic rings. The number of likely N-dealkylation sites (N-methyl/N-ethyl adjacent to an activating group) is 1. The molecule has 0 rings (SSSR count). The Morgan fingerprint density at radius 3 is 2.05 bits per heavy atom. The quantitative estimate of drug-likeness (QED) is 0.636. The van der Waals surface area contributed by atoms with Gasteiger partial charge in [-0.15, -0.1) is 0 Å². The third kappa shape index (κ3) is 6.10. The minimum Gasteiger partial charge on any atom is -0.312 e. The average Bonchev–Trinajstić information content (AvgIpc) is 2.38. The predicted molar refractivity (Wildman–Crippen MR) is 88.0 cm³/mol. The topological polar surface area (TPSA) is 49.4 Å². The standard InChI is InChI=1S/C15H34N2O2S/c1-7-12-16-14(11-13-20(6,18)19)15(5,8-2)17(9-3)10-4/h14,16H,7-13H2,1-6H3. The van der Waals surface area contributed by atoms with Crippen molar-refractivity contribution in [3.05, 3.63) is 0 Å². The van der Waals surface area contributed by atoms with Crippen LogP contribution in [-0.4, -0.2) is 56.5 Å². The van der Waals surface area contributed by atoms with Gasteiger partial charge in [0, 0.05) is 17.8 Å². The van der Waals surface area contributed by atoms with Gasteiger partial charge in [0.05, 0.1) is 5.75 Å². The van der Waals surface area contributed by atoms with E-state index in [9.17, 15) is 8.42 Å². The lowest BCUT2D eigenvalue weighted by Gasteiger charge is -2.46. The highest BCUT2D eigenvalue weighted by molar-refractivity contribution is 7.90. The molecule has 122 valence electrons. The van der Waals surface area contributed by atoms with Crippen molar-refractivity contribution in [2.45, 2.75) is 65.5 Å². The van der Waals surface area contributed by atoms with Crippen molar-refractivity contribution < 1.29 is 8.42 Å². The largest absolute Gasteiger partial charge is 0.312 e. The van der Waals surface area contributed by atoms with Crippen molar-refractivity contribution >= 4 is 9.84 Å². The van der Waals surface area contributed by atoms with Crippen molar-refractivity contribution in [2.75, 3.05) is 31.6 Å². The van der Waals surface area contributed by atoms with Gasteiger partial charge in [0.25, 0.3) is 0 Å². The van der Waals surface area contributed by atoms with E-state index in [0.29, 0.717) is 6.42 Å². The molecule has 5 heteroatoms. The van der Waals surface area contributed by atoms with E-state index in [1.165, 1.54) is 6.26 Å². The molecule has 0 aromatic carbocycles. The van der Waals surface area contributed by atoms with Crippen LogP contribution in [0.4, 0.5) is 0 Å². The molecule has 0 radical (unpaired) electrons. The molecule has 0 amide bonds. The van der Waals surface area contributed by atoms with E-state index in [2.05, 4.69) is 44.8 Å². The first-order chi connectivity index (χ1) is 9.25. The number of hydrogen-bond acceptors (Lipinski definition) is 4. The molecule has 20 heavy (non-hydrogen) atoms. The highest BCUT2D eigenvalue weighted by Crippen LogP contribution is 2.26. The molecule has 0 spiro atoms. The zero-order chi connectivity index (χ0) is 15.8. The molecule has 0 aromatic heterocycles. The van der Waals surface area contributed by atoms with Crippen molar-refractivity contribution in [3.63, 3.8) is 0 Å². The Morgan fingerprint density at radius 1 is 1.15 bits per heavy atom. The van der Waals surface area contributed by atoms with Crippen LogP contribution in [0, 0.1) is 0 Å². The van der Waals surface area contributed by atoms with E-state index in [-0.39, 0.29) is 17.3 Å². The second-order valence-corrected chi connectivity index (χ2v) is 8.07. The fraction of sp³-hybridized carbons (Fsp3) is 1.00. The Morgan fingerprint density at radius 2 is 1.70 bits per heavy atom. The molecule has 1 N–H and O–H groups in total. The number of nitrogens with one attached hydrogen (secondary N) is 1. The van der Waals surface area contributed by atoms with Crippen molar-refractivity contribution in [2.24, 2.45) is 0 Å². The molecule has 0 aliphatic carbocycles. The highest BCUT2D eigenvalue weighted by atomic mass is 32.2. The average molecular weight is 307 g/mol. The predicted octanol–water partition coefficient (Wildman–Crippen LogP) is 2.30. The van der Waals surface area contributed by atoms with Crippen molar-refractivity contribution in [1.82, 2.24) is 10.2 Å². The van der Waals surface area contributed by atoms with Gasteiger partial charge in [0.1, 0.15) is 9.84 Å². The Bertz CT molecular complexity index is 353. The summed E-state index contributed by atoms with van der Waals surface area (Å²) >= 11 is 0. The molecule has 4 nitrogen and oxygen atoms in total. The molecule has 2 unspecified atom stereocenters. The Labute approximate surface area is 126 Å². The third-order valence-corrected chi connectivity index (χ3v) is 5.35. The molecule has 0 saturated carbocycles. The zero-order valence-corrected chi connectivity index (χ0v) is 15.0. The first kappa shape index (κ1) is 19.9. The molecule has 0 aliphatic heterocycles. The first-order valence-corrected chi connectivity index (χ1v) is 9.97. The van der Waals surface area contributed by atoms with Gasteiger partial charge in [-0.25, -0.2) is 8.42 Å². The molecule has 0 aliphatic rings. The van der Waals surface area contributed by atoms with E-state index >= 15 is 0 Å². The number of nitrogens with zero attached hydrogens (tertiary/aromatic N) is 1. The van der Waals surface area contributed by atoms with Crippen molar-refractivity contribution in [1.29, 1.82) is 0 Å². The zero-order valence-electron chi connectivity index (χ0n) is 14.2. The SMILES string of the molecule is CCCNC(CCS(C)(=O)=O)C(C)(CC)N(CC)CC. The maximum Gasteiger partial charge on any atom is 0.147 e. The molecular weight excluding hydrogens is 272 g/mol. The van der Waals surface area contributed by atoms with Gasteiger partial charge in [-0.2, -0.15) is 0 Å². The van der Waals surface area contributed by atoms with Gasteiger partial charge in [-0.3, -0.25) is 4.90 Å². The molecular formula is C15H34N2O2S. The van der Waals surface area contributed by atoms with Crippen LogP contribution in [0.25, 0.3) is 0 Å². The molecule has 0 bridgehead atoms. The lowest BCUT2D eigenvalue weighted by molar-refractivity contribution is 0.0688.